The molecular weight excluding hydrogens is 424 g/mol. The van der Waals surface area contributed by atoms with Gasteiger partial charge in [0.25, 0.3) is 0 Å². The van der Waals surface area contributed by atoms with Gasteiger partial charge < -0.3 is 14.3 Å². The second kappa shape index (κ2) is 7.70. The van der Waals surface area contributed by atoms with Gasteiger partial charge in [0.05, 0.1) is 29.4 Å². The number of nitrogens with zero attached hydrogens (tertiary/aromatic N) is 4. The number of ether oxygens (including phenoxy) is 1. The first-order valence-corrected chi connectivity index (χ1v) is 11.0. The van der Waals surface area contributed by atoms with E-state index < -0.39 is 0 Å². The number of fused-ring (bicyclic) bond motifs is 1. The van der Waals surface area contributed by atoms with Gasteiger partial charge in [-0.15, -0.1) is 5.10 Å². The highest BCUT2D eigenvalue weighted by atomic mass is 35.5. The number of benzene rings is 1. The van der Waals surface area contributed by atoms with Crippen LogP contribution in [-0.2, 0) is 4.74 Å². The molecule has 0 saturated carbocycles. The first-order chi connectivity index (χ1) is 14.5. The molecule has 0 bridgehead atoms. The van der Waals surface area contributed by atoms with E-state index in [4.69, 9.17) is 20.8 Å². The Kier molecular flexibility index (Phi) is 5.02. The van der Waals surface area contributed by atoms with Crippen molar-refractivity contribution in [2.45, 2.75) is 32.1 Å². The summed E-state index contributed by atoms with van der Waals surface area (Å²) in [4.78, 5) is 8.29. The van der Waals surface area contributed by atoms with E-state index in [9.17, 15) is 5.11 Å². The normalized spacial score (nSPS) is 21.3. The van der Waals surface area contributed by atoms with Crippen LogP contribution in [0.5, 0.6) is 5.88 Å². The third kappa shape index (κ3) is 3.50. The SMILES string of the molecule is C[C@@H]1CN([C@H](c2ccc(Cl)cc2)c2sc3nc(-c4ccco4)nn3c2O)C[C@@H](C)O1. The van der Waals surface area contributed by atoms with Crippen LogP contribution in [0.25, 0.3) is 16.5 Å². The minimum atomic E-state index is -0.156. The zero-order chi connectivity index (χ0) is 20.8. The second-order valence-corrected chi connectivity index (χ2v) is 9.01. The van der Waals surface area contributed by atoms with Crippen LogP contribution in [0.1, 0.15) is 30.3 Å². The Balaban J connectivity index is 1.60. The first-order valence-electron chi connectivity index (χ1n) is 9.77. The largest absolute Gasteiger partial charge is 0.492 e. The number of aromatic hydroxyl groups is 1. The fourth-order valence-corrected chi connectivity index (χ4v) is 5.28. The van der Waals surface area contributed by atoms with Crippen LogP contribution in [0.15, 0.2) is 47.1 Å². The van der Waals surface area contributed by atoms with Gasteiger partial charge in [-0.25, -0.2) is 0 Å². The van der Waals surface area contributed by atoms with E-state index in [0.29, 0.717) is 21.6 Å². The van der Waals surface area contributed by atoms with E-state index in [1.54, 1.807) is 18.4 Å². The summed E-state index contributed by atoms with van der Waals surface area (Å²) in [6.45, 7) is 5.64. The fraction of sp³-hybridized carbons (Fsp3) is 0.333. The van der Waals surface area contributed by atoms with Gasteiger partial charge in [-0.05, 0) is 43.7 Å². The molecule has 1 saturated heterocycles. The molecule has 0 amide bonds. The van der Waals surface area contributed by atoms with Gasteiger partial charge >= 0.3 is 0 Å². The maximum absolute atomic E-state index is 11.1. The highest BCUT2D eigenvalue weighted by molar-refractivity contribution is 7.17. The van der Waals surface area contributed by atoms with Crippen LogP contribution in [0.2, 0.25) is 5.02 Å². The summed E-state index contributed by atoms with van der Waals surface area (Å²) in [5.74, 6) is 1.11. The molecule has 3 aromatic heterocycles. The molecule has 0 unspecified atom stereocenters. The van der Waals surface area contributed by atoms with Crippen molar-refractivity contribution >= 4 is 27.9 Å². The first kappa shape index (κ1) is 19.6. The van der Waals surface area contributed by atoms with Gasteiger partial charge in [-0.1, -0.05) is 35.1 Å². The van der Waals surface area contributed by atoms with Crippen molar-refractivity contribution in [2.24, 2.45) is 0 Å². The van der Waals surface area contributed by atoms with Crippen LogP contribution >= 0.6 is 22.9 Å². The molecule has 7 nitrogen and oxygen atoms in total. The minimum absolute atomic E-state index is 0.0899. The highest BCUT2D eigenvalue weighted by Crippen LogP contribution is 2.41. The van der Waals surface area contributed by atoms with Gasteiger partial charge in [0.2, 0.25) is 16.7 Å². The molecule has 1 aliphatic heterocycles. The Morgan fingerprint density at radius 2 is 1.90 bits per heavy atom. The molecule has 1 fully saturated rings. The van der Waals surface area contributed by atoms with Crippen molar-refractivity contribution in [3.63, 3.8) is 0 Å². The molecular formula is C21H21ClN4O3S. The zero-order valence-electron chi connectivity index (χ0n) is 16.5. The average molecular weight is 445 g/mol. The Hall–Kier alpha value is -2.39. The van der Waals surface area contributed by atoms with Crippen molar-refractivity contribution in [3.05, 3.63) is 58.1 Å². The standard InChI is InChI=1S/C21H21ClN4O3S/c1-12-10-25(11-13(2)29-12)17(14-5-7-15(22)8-6-14)18-20(27)26-21(30-18)23-19(24-26)16-4-3-9-28-16/h3-9,12-13,17,27H,10-11H2,1-2H3/t12-,13-,17-/m1/s1. The molecule has 3 atom stereocenters. The van der Waals surface area contributed by atoms with Gasteiger partial charge in [-0.3, -0.25) is 4.90 Å². The molecule has 1 aromatic carbocycles. The smallest absolute Gasteiger partial charge is 0.230 e. The summed E-state index contributed by atoms with van der Waals surface area (Å²) in [7, 11) is 0. The van der Waals surface area contributed by atoms with E-state index in [0.717, 1.165) is 23.5 Å². The number of rotatable bonds is 4. The Labute approximate surface area is 182 Å². The number of morpholine rings is 1. The number of aromatic nitrogens is 3. The molecule has 0 radical (unpaired) electrons. The number of furan rings is 1. The van der Waals surface area contributed by atoms with Crippen LogP contribution in [-0.4, -0.2) is 49.9 Å². The van der Waals surface area contributed by atoms with E-state index in [1.165, 1.54) is 15.9 Å². The number of thiazole rings is 1. The number of hydrogen-bond donors (Lipinski definition) is 1. The Bertz CT molecular complexity index is 1150. The molecule has 4 aromatic rings. The Morgan fingerprint density at radius 1 is 1.17 bits per heavy atom. The number of halogens is 1. The topological polar surface area (TPSA) is 76.0 Å². The molecule has 4 heterocycles. The molecule has 0 aliphatic carbocycles. The van der Waals surface area contributed by atoms with Crippen LogP contribution in [0, 0.1) is 0 Å². The molecule has 0 spiro atoms. The zero-order valence-corrected chi connectivity index (χ0v) is 18.1. The predicted octanol–water partition coefficient (Wildman–Crippen LogP) is 4.61. The summed E-state index contributed by atoms with van der Waals surface area (Å²) >= 11 is 7.55. The van der Waals surface area contributed by atoms with Gasteiger partial charge in [-0.2, -0.15) is 9.50 Å². The quantitative estimate of drug-likeness (QED) is 0.495. The third-order valence-corrected chi connectivity index (χ3v) is 6.51. The van der Waals surface area contributed by atoms with E-state index in [1.807, 2.05) is 24.3 Å². The van der Waals surface area contributed by atoms with E-state index >= 15 is 0 Å². The maximum atomic E-state index is 11.1. The van der Waals surface area contributed by atoms with Crippen molar-refractivity contribution in [3.8, 4) is 17.5 Å². The fourth-order valence-electron chi connectivity index (χ4n) is 4.04. The van der Waals surface area contributed by atoms with Gasteiger partial charge in [0, 0.05) is 18.1 Å². The predicted molar refractivity (Wildman–Crippen MR) is 115 cm³/mol. The third-order valence-electron chi connectivity index (χ3n) is 5.19. The highest BCUT2D eigenvalue weighted by Gasteiger charge is 2.34. The van der Waals surface area contributed by atoms with Crippen LogP contribution in [0.4, 0.5) is 0 Å². The summed E-state index contributed by atoms with van der Waals surface area (Å²) < 4.78 is 12.8. The lowest BCUT2D eigenvalue weighted by Crippen LogP contribution is -2.47. The molecule has 1 N–H and O–H groups in total. The lowest BCUT2D eigenvalue weighted by Gasteiger charge is -2.40. The lowest BCUT2D eigenvalue weighted by molar-refractivity contribution is -0.0764. The Morgan fingerprint density at radius 3 is 2.53 bits per heavy atom. The minimum Gasteiger partial charge on any atom is -0.492 e. The van der Waals surface area contributed by atoms with Crippen LogP contribution < -0.4 is 0 Å². The molecule has 156 valence electrons. The molecule has 1 aliphatic rings. The van der Waals surface area contributed by atoms with E-state index in [-0.39, 0.29) is 24.1 Å². The summed E-state index contributed by atoms with van der Waals surface area (Å²) in [5.41, 5.74) is 1.05. The molecule has 5 rings (SSSR count). The maximum Gasteiger partial charge on any atom is 0.230 e. The van der Waals surface area contributed by atoms with Crippen molar-refractivity contribution < 1.29 is 14.3 Å². The van der Waals surface area contributed by atoms with Gasteiger partial charge in [0.1, 0.15) is 0 Å². The second-order valence-electron chi connectivity index (χ2n) is 7.56. The average Bonchev–Trinajstić information content (AvgIpc) is 3.42. The number of hydrogen-bond acceptors (Lipinski definition) is 7. The molecule has 9 heteroatoms. The lowest BCUT2D eigenvalue weighted by atomic mass is 10.0. The summed E-state index contributed by atoms with van der Waals surface area (Å²) in [6, 6.07) is 11.2. The summed E-state index contributed by atoms with van der Waals surface area (Å²) in [5, 5.41) is 16.2. The van der Waals surface area contributed by atoms with E-state index in [2.05, 4.69) is 28.8 Å². The van der Waals surface area contributed by atoms with Crippen LogP contribution in [0.3, 0.4) is 0 Å². The van der Waals surface area contributed by atoms with Crippen molar-refractivity contribution in [2.75, 3.05) is 13.1 Å². The molecule has 30 heavy (non-hydrogen) atoms. The van der Waals surface area contributed by atoms with Crippen molar-refractivity contribution in [1.82, 2.24) is 19.5 Å². The van der Waals surface area contributed by atoms with Gasteiger partial charge in [0.15, 0.2) is 5.76 Å². The monoisotopic (exact) mass is 444 g/mol. The summed E-state index contributed by atoms with van der Waals surface area (Å²) in [6.07, 6.45) is 1.77. The van der Waals surface area contributed by atoms with Crippen molar-refractivity contribution in [1.29, 1.82) is 0 Å².